The highest BCUT2D eigenvalue weighted by atomic mass is 35.5. The number of benzene rings is 1. The van der Waals surface area contributed by atoms with E-state index in [1.807, 2.05) is 31.2 Å². The van der Waals surface area contributed by atoms with Crippen LogP contribution in [-0.4, -0.2) is 15.1 Å². The molecule has 0 spiro atoms. The molecule has 0 fully saturated rings. The van der Waals surface area contributed by atoms with Crippen molar-refractivity contribution in [3.8, 4) is 0 Å². The number of thioether (sulfide) groups is 1. The SMILES string of the molecule is Cc1nc(CSc2ccc(Cl)cc2)ncc1[C@H](C)O. The predicted octanol–water partition coefficient (Wildman–Crippen LogP) is 3.78. The zero-order chi connectivity index (χ0) is 13.8. The third-order valence-electron chi connectivity index (χ3n) is 2.70. The zero-order valence-electron chi connectivity index (χ0n) is 10.8. The molecule has 0 bridgehead atoms. The van der Waals surface area contributed by atoms with Crippen LogP contribution >= 0.6 is 23.4 Å². The number of hydrogen-bond donors (Lipinski definition) is 1. The van der Waals surface area contributed by atoms with Crippen molar-refractivity contribution in [1.82, 2.24) is 9.97 Å². The maximum absolute atomic E-state index is 9.53. The maximum Gasteiger partial charge on any atom is 0.138 e. The Bertz CT molecular complexity index is 558. The molecule has 3 nitrogen and oxygen atoms in total. The standard InChI is InChI=1S/C14H15ClN2OS/c1-9-13(10(2)18)7-16-14(17-9)8-19-12-5-3-11(15)4-6-12/h3-7,10,18H,8H2,1-2H3/t10-/m0/s1. The highest BCUT2D eigenvalue weighted by molar-refractivity contribution is 7.98. The minimum absolute atomic E-state index is 0.530. The zero-order valence-corrected chi connectivity index (χ0v) is 12.4. The van der Waals surface area contributed by atoms with Gasteiger partial charge in [0.25, 0.3) is 0 Å². The van der Waals surface area contributed by atoms with Crippen molar-refractivity contribution in [3.63, 3.8) is 0 Å². The number of hydrogen-bond acceptors (Lipinski definition) is 4. The van der Waals surface area contributed by atoms with Crippen molar-refractivity contribution in [3.05, 3.63) is 52.6 Å². The van der Waals surface area contributed by atoms with E-state index < -0.39 is 6.10 Å². The fraction of sp³-hybridized carbons (Fsp3) is 0.286. The summed E-state index contributed by atoms with van der Waals surface area (Å²) in [5.74, 6) is 1.46. The topological polar surface area (TPSA) is 46.0 Å². The first kappa shape index (κ1) is 14.3. The minimum atomic E-state index is -0.530. The normalized spacial score (nSPS) is 12.4. The van der Waals surface area contributed by atoms with Crippen LogP contribution in [0, 0.1) is 6.92 Å². The lowest BCUT2D eigenvalue weighted by molar-refractivity contribution is 0.197. The van der Waals surface area contributed by atoms with Crippen LogP contribution in [0.4, 0.5) is 0 Å². The Morgan fingerprint density at radius 3 is 2.58 bits per heavy atom. The number of aromatic nitrogens is 2. The molecule has 0 amide bonds. The summed E-state index contributed by atoms with van der Waals surface area (Å²) in [5, 5.41) is 10.3. The fourth-order valence-corrected chi connectivity index (χ4v) is 2.57. The van der Waals surface area contributed by atoms with Gasteiger partial charge in [-0.2, -0.15) is 0 Å². The number of aliphatic hydroxyl groups excluding tert-OH is 1. The van der Waals surface area contributed by atoms with Crippen molar-refractivity contribution in [2.75, 3.05) is 0 Å². The molecule has 1 atom stereocenters. The van der Waals surface area contributed by atoms with Crippen LogP contribution < -0.4 is 0 Å². The average Bonchev–Trinajstić information content (AvgIpc) is 2.37. The molecule has 0 aliphatic carbocycles. The molecule has 19 heavy (non-hydrogen) atoms. The van der Waals surface area contributed by atoms with Gasteiger partial charge in [-0.1, -0.05) is 11.6 Å². The third kappa shape index (κ3) is 3.93. The monoisotopic (exact) mass is 294 g/mol. The molecule has 2 rings (SSSR count). The van der Waals surface area contributed by atoms with E-state index in [9.17, 15) is 5.11 Å². The molecule has 0 unspecified atom stereocenters. The molecule has 1 aromatic heterocycles. The molecule has 1 heterocycles. The first-order chi connectivity index (χ1) is 9.06. The summed E-state index contributed by atoms with van der Waals surface area (Å²) in [5.41, 5.74) is 1.61. The van der Waals surface area contributed by atoms with E-state index >= 15 is 0 Å². The van der Waals surface area contributed by atoms with Gasteiger partial charge in [-0.05, 0) is 38.1 Å². The molecule has 0 radical (unpaired) electrons. The molecule has 0 aliphatic heterocycles. The summed E-state index contributed by atoms with van der Waals surface area (Å²) in [7, 11) is 0. The Labute approximate surface area is 122 Å². The summed E-state index contributed by atoms with van der Waals surface area (Å²) in [6, 6.07) is 7.69. The molecular weight excluding hydrogens is 280 g/mol. The molecule has 0 saturated carbocycles. The average molecular weight is 295 g/mol. The second-order valence-electron chi connectivity index (χ2n) is 4.25. The Balaban J connectivity index is 2.04. The molecular formula is C14H15ClN2OS. The highest BCUT2D eigenvalue weighted by Gasteiger charge is 2.08. The molecule has 100 valence electrons. The van der Waals surface area contributed by atoms with Gasteiger partial charge < -0.3 is 5.11 Å². The van der Waals surface area contributed by atoms with Crippen LogP contribution in [-0.2, 0) is 5.75 Å². The van der Waals surface area contributed by atoms with Gasteiger partial charge in [0.1, 0.15) is 5.82 Å². The van der Waals surface area contributed by atoms with E-state index in [0.717, 1.165) is 27.0 Å². The first-order valence-corrected chi connectivity index (χ1v) is 7.31. The third-order valence-corrected chi connectivity index (χ3v) is 3.96. The van der Waals surface area contributed by atoms with Gasteiger partial charge in [-0.15, -0.1) is 11.8 Å². The summed E-state index contributed by atoms with van der Waals surface area (Å²) in [6.45, 7) is 3.61. The van der Waals surface area contributed by atoms with Crippen molar-refractivity contribution in [2.45, 2.75) is 30.6 Å². The second-order valence-corrected chi connectivity index (χ2v) is 5.73. The lowest BCUT2D eigenvalue weighted by atomic mass is 10.1. The van der Waals surface area contributed by atoms with Crippen LogP contribution in [0.1, 0.15) is 30.1 Å². The van der Waals surface area contributed by atoms with Gasteiger partial charge in [0.2, 0.25) is 0 Å². The van der Waals surface area contributed by atoms with E-state index in [1.165, 1.54) is 0 Å². The molecule has 1 N–H and O–H groups in total. The number of aliphatic hydroxyl groups is 1. The van der Waals surface area contributed by atoms with Crippen molar-refractivity contribution < 1.29 is 5.11 Å². The summed E-state index contributed by atoms with van der Waals surface area (Å²) in [6.07, 6.45) is 1.17. The lowest BCUT2D eigenvalue weighted by Crippen LogP contribution is -2.02. The molecule has 0 saturated heterocycles. The Kier molecular flexibility index (Phi) is 4.80. The maximum atomic E-state index is 9.53. The van der Waals surface area contributed by atoms with Gasteiger partial charge in [0.15, 0.2) is 0 Å². The van der Waals surface area contributed by atoms with Gasteiger partial charge in [0, 0.05) is 27.4 Å². The predicted molar refractivity (Wildman–Crippen MR) is 78.4 cm³/mol. The molecule has 2 aromatic rings. The van der Waals surface area contributed by atoms with Crippen molar-refractivity contribution >= 4 is 23.4 Å². The molecule has 0 aliphatic rings. The van der Waals surface area contributed by atoms with Gasteiger partial charge in [0.05, 0.1) is 11.9 Å². The summed E-state index contributed by atoms with van der Waals surface area (Å²) in [4.78, 5) is 9.81. The number of nitrogens with zero attached hydrogens (tertiary/aromatic N) is 2. The van der Waals surface area contributed by atoms with E-state index in [-0.39, 0.29) is 0 Å². The van der Waals surface area contributed by atoms with E-state index in [4.69, 9.17) is 11.6 Å². The second kappa shape index (κ2) is 6.37. The Morgan fingerprint density at radius 2 is 2.00 bits per heavy atom. The van der Waals surface area contributed by atoms with Gasteiger partial charge in [-0.3, -0.25) is 0 Å². The van der Waals surface area contributed by atoms with Gasteiger partial charge >= 0.3 is 0 Å². The smallest absolute Gasteiger partial charge is 0.138 e. The molecule has 1 aromatic carbocycles. The Morgan fingerprint density at radius 1 is 1.32 bits per heavy atom. The first-order valence-electron chi connectivity index (χ1n) is 5.95. The number of rotatable bonds is 4. The van der Waals surface area contributed by atoms with Crippen molar-refractivity contribution in [2.24, 2.45) is 0 Å². The van der Waals surface area contributed by atoms with E-state index in [2.05, 4.69) is 9.97 Å². The van der Waals surface area contributed by atoms with Crippen molar-refractivity contribution in [1.29, 1.82) is 0 Å². The number of aryl methyl sites for hydroxylation is 1. The van der Waals surface area contributed by atoms with E-state index in [0.29, 0.717) is 5.75 Å². The van der Waals surface area contributed by atoms with Crippen LogP contribution in [0.15, 0.2) is 35.4 Å². The highest BCUT2D eigenvalue weighted by Crippen LogP contribution is 2.23. The number of halogens is 1. The molecule has 5 heteroatoms. The quantitative estimate of drug-likeness (QED) is 0.872. The summed E-state index contributed by atoms with van der Waals surface area (Å²) < 4.78 is 0. The lowest BCUT2D eigenvalue weighted by Gasteiger charge is -2.08. The minimum Gasteiger partial charge on any atom is -0.389 e. The Hall–Kier alpha value is -1.10. The fourth-order valence-electron chi connectivity index (χ4n) is 1.68. The van der Waals surface area contributed by atoms with Crippen LogP contribution in [0.3, 0.4) is 0 Å². The summed E-state index contributed by atoms with van der Waals surface area (Å²) >= 11 is 7.50. The van der Waals surface area contributed by atoms with Crippen LogP contribution in [0.5, 0.6) is 0 Å². The van der Waals surface area contributed by atoms with Gasteiger partial charge in [-0.25, -0.2) is 9.97 Å². The largest absolute Gasteiger partial charge is 0.389 e. The van der Waals surface area contributed by atoms with E-state index in [1.54, 1.807) is 24.9 Å². The van der Waals surface area contributed by atoms with Crippen LogP contribution in [0.2, 0.25) is 5.02 Å². The van der Waals surface area contributed by atoms with Crippen LogP contribution in [0.25, 0.3) is 0 Å².